The van der Waals surface area contributed by atoms with Crippen LogP contribution in [0.4, 0.5) is 5.82 Å². The molecule has 0 saturated carbocycles. The quantitative estimate of drug-likeness (QED) is 0.706. The number of hydrogen-bond donors (Lipinski definition) is 2. The third kappa shape index (κ3) is 2.34. The molecule has 1 heterocycles. The molecule has 14 heavy (non-hydrogen) atoms. The number of ketones is 1. The van der Waals surface area contributed by atoms with Crippen LogP contribution in [-0.2, 0) is 0 Å². The average Bonchev–Trinajstić information content (AvgIpc) is 2.60. The summed E-state index contributed by atoms with van der Waals surface area (Å²) in [6, 6.07) is 0. The lowest BCUT2D eigenvalue weighted by atomic mass is 9.95. The number of nitrogens with two attached hydrogens (primary N) is 1. The summed E-state index contributed by atoms with van der Waals surface area (Å²) in [7, 11) is 0. The molecule has 4 nitrogen and oxygen atoms in total. The van der Waals surface area contributed by atoms with Crippen molar-refractivity contribution >= 4 is 11.6 Å². The molecule has 1 aromatic rings. The number of aromatic amines is 1. The number of nitrogens with one attached hydrogen (secondary N) is 1. The Morgan fingerprint density at radius 3 is 2.64 bits per heavy atom. The molecule has 1 aromatic heterocycles. The van der Waals surface area contributed by atoms with Gasteiger partial charge in [0.25, 0.3) is 0 Å². The molecule has 0 spiro atoms. The van der Waals surface area contributed by atoms with Crippen molar-refractivity contribution in [3.05, 3.63) is 11.8 Å². The average molecular weight is 195 g/mol. The minimum absolute atomic E-state index is 0.0879. The van der Waals surface area contributed by atoms with E-state index >= 15 is 0 Å². The van der Waals surface area contributed by atoms with E-state index in [-0.39, 0.29) is 5.78 Å². The monoisotopic (exact) mass is 195 g/mol. The molecule has 0 aliphatic heterocycles. The first-order valence-electron chi connectivity index (χ1n) is 5.01. The number of nitrogens with zero attached hydrogens (tertiary/aromatic N) is 1. The van der Waals surface area contributed by atoms with Gasteiger partial charge in [-0.25, -0.2) is 0 Å². The molecule has 0 bridgehead atoms. The highest BCUT2D eigenvalue weighted by atomic mass is 16.1. The van der Waals surface area contributed by atoms with Crippen LogP contribution < -0.4 is 5.73 Å². The summed E-state index contributed by atoms with van der Waals surface area (Å²) in [5, 5.41) is 6.30. The van der Waals surface area contributed by atoms with Gasteiger partial charge < -0.3 is 5.73 Å². The first-order chi connectivity index (χ1) is 6.69. The summed E-state index contributed by atoms with van der Waals surface area (Å²) in [6.07, 6.45) is 4.12. The van der Waals surface area contributed by atoms with Gasteiger partial charge in [-0.1, -0.05) is 26.7 Å². The summed E-state index contributed by atoms with van der Waals surface area (Å²) in [5.41, 5.74) is 6.09. The number of nitrogen functional groups attached to an aromatic ring is 1. The van der Waals surface area contributed by atoms with Crippen LogP contribution in [-0.4, -0.2) is 16.0 Å². The van der Waals surface area contributed by atoms with Gasteiger partial charge in [-0.3, -0.25) is 9.89 Å². The number of aromatic nitrogens is 2. The van der Waals surface area contributed by atoms with Crippen LogP contribution >= 0.6 is 0 Å². The summed E-state index contributed by atoms with van der Waals surface area (Å²) >= 11 is 0. The molecule has 0 aromatic carbocycles. The topological polar surface area (TPSA) is 71.8 Å². The maximum Gasteiger partial charge on any atom is 0.168 e. The molecule has 0 unspecified atom stereocenters. The van der Waals surface area contributed by atoms with Gasteiger partial charge in [-0.15, -0.1) is 0 Å². The van der Waals surface area contributed by atoms with Crippen molar-refractivity contribution < 1.29 is 4.79 Å². The SMILES string of the molecule is CCC(CC)CC(=O)c1cn[nH]c1N. The maximum absolute atomic E-state index is 11.7. The van der Waals surface area contributed by atoms with Crippen LogP contribution in [0, 0.1) is 5.92 Å². The first-order valence-corrected chi connectivity index (χ1v) is 5.01. The van der Waals surface area contributed by atoms with E-state index in [1.54, 1.807) is 0 Å². The van der Waals surface area contributed by atoms with Crippen LogP contribution in [0.3, 0.4) is 0 Å². The maximum atomic E-state index is 11.7. The summed E-state index contributed by atoms with van der Waals surface area (Å²) in [6.45, 7) is 4.19. The minimum atomic E-state index is 0.0879. The molecule has 0 aliphatic rings. The zero-order valence-electron chi connectivity index (χ0n) is 8.71. The number of carbonyl (C=O) groups is 1. The lowest BCUT2D eigenvalue weighted by Gasteiger charge is -2.09. The predicted octanol–water partition coefficient (Wildman–Crippen LogP) is 2.00. The normalized spacial score (nSPS) is 10.8. The second kappa shape index (κ2) is 4.79. The fraction of sp³-hybridized carbons (Fsp3) is 0.600. The largest absolute Gasteiger partial charge is 0.383 e. The lowest BCUT2D eigenvalue weighted by Crippen LogP contribution is -2.08. The number of anilines is 1. The Hall–Kier alpha value is -1.32. The van der Waals surface area contributed by atoms with Crippen LogP contribution in [0.15, 0.2) is 6.20 Å². The molecule has 0 saturated heterocycles. The molecule has 0 fully saturated rings. The van der Waals surface area contributed by atoms with Gasteiger partial charge >= 0.3 is 0 Å². The van der Waals surface area contributed by atoms with Crippen molar-refractivity contribution in [2.24, 2.45) is 5.92 Å². The Balaban J connectivity index is 2.63. The third-order valence-electron chi connectivity index (χ3n) is 2.60. The summed E-state index contributed by atoms with van der Waals surface area (Å²) in [5.74, 6) is 0.919. The highest BCUT2D eigenvalue weighted by molar-refractivity contribution is 5.99. The minimum Gasteiger partial charge on any atom is -0.383 e. The van der Waals surface area contributed by atoms with Crippen LogP contribution in [0.25, 0.3) is 0 Å². The van der Waals surface area contributed by atoms with Gasteiger partial charge in [0.15, 0.2) is 5.78 Å². The Morgan fingerprint density at radius 1 is 1.57 bits per heavy atom. The van der Waals surface area contributed by atoms with Gasteiger partial charge in [-0.2, -0.15) is 5.10 Å². The lowest BCUT2D eigenvalue weighted by molar-refractivity contribution is 0.0959. The van der Waals surface area contributed by atoms with Crippen molar-refractivity contribution in [2.75, 3.05) is 5.73 Å². The fourth-order valence-electron chi connectivity index (χ4n) is 1.47. The number of Topliss-reactive ketones (excluding diaryl/α,β-unsaturated/α-hetero) is 1. The van der Waals surface area contributed by atoms with E-state index in [2.05, 4.69) is 24.0 Å². The Bertz CT molecular complexity index is 302. The van der Waals surface area contributed by atoms with Gasteiger partial charge in [0.05, 0.1) is 11.8 Å². The molecule has 0 atom stereocenters. The van der Waals surface area contributed by atoms with Gasteiger partial charge in [0.2, 0.25) is 0 Å². The highest BCUT2D eigenvalue weighted by Gasteiger charge is 2.15. The summed E-state index contributed by atoms with van der Waals surface area (Å²) in [4.78, 5) is 11.7. The fourth-order valence-corrected chi connectivity index (χ4v) is 1.47. The van der Waals surface area contributed by atoms with Crippen LogP contribution in [0.1, 0.15) is 43.5 Å². The van der Waals surface area contributed by atoms with E-state index < -0.39 is 0 Å². The highest BCUT2D eigenvalue weighted by Crippen LogP contribution is 2.18. The smallest absolute Gasteiger partial charge is 0.168 e. The van der Waals surface area contributed by atoms with E-state index in [1.807, 2.05) is 0 Å². The zero-order chi connectivity index (χ0) is 10.6. The van der Waals surface area contributed by atoms with Gasteiger partial charge in [0.1, 0.15) is 5.82 Å². The molecular weight excluding hydrogens is 178 g/mol. The van der Waals surface area contributed by atoms with Crippen molar-refractivity contribution in [1.82, 2.24) is 10.2 Å². The Labute approximate surface area is 83.9 Å². The van der Waals surface area contributed by atoms with Crippen molar-refractivity contribution in [1.29, 1.82) is 0 Å². The first kappa shape index (κ1) is 10.8. The van der Waals surface area contributed by atoms with E-state index in [0.29, 0.717) is 23.7 Å². The van der Waals surface area contributed by atoms with Crippen molar-refractivity contribution in [2.45, 2.75) is 33.1 Å². The summed E-state index contributed by atoms with van der Waals surface area (Å²) < 4.78 is 0. The van der Waals surface area contributed by atoms with Crippen molar-refractivity contribution in [3.63, 3.8) is 0 Å². The number of H-pyrrole nitrogens is 1. The second-order valence-electron chi connectivity index (χ2n) is 3.51. The number of rotatable bonds is 5. The zero-order valence-corrected chi connectivity index (χ0v) is 8.71. The van der Waals surface area contributed by atoms with E-state index in [4.69, 9.17) is 5.73 Å². The van der Waals surface area contributed by atoms with Gasteiger partial charge in [-0.05, 0) is 5.92 Å². The van der Waals surface area contributed by atoms with E-state index in [1.165, 1.54) is 6.20 Å². The molecule has 0 amide bonds. The molecule has 0 aliphatic carbocycles. The van der Waals surface area contributed by atoms with Crippen molar-refractivity contribution in [3.8, 4) is 0 Å². The Kier molecular flexibility index (Phi) is 3.68. The molecule has 0 radical (unpaired) electrons. The van der Waals surface area contributed by atoms with Crippen LogP contribution in [0.5, 0.6) is 0 Å². The second-order valence-corrected chi connectivity index (χ2v) is 3.51. The standard InChI is InChI=1S/C10H17N3O/c1-3-7(4-2)5-9(14)8-6-12-13-10(8)11/h6-7H,3-5H2,1-2H3,(H3,11,12,13). The Morgan fingerprint density at radius 2 is 2.21 bits per heavy atom. The van der Waals surface area contributed by atoms with Crippen LogP contribution in [0.2, 0.25) is 0 Å². The van der Waals surface area contributed by atoms with E-state index in [9.17, 15) is 4.79 Å². The molecule has 1 rings (SSSR count). The number of hydrogen-bond acceptors (Lipinski definition) is 3. The number of carbonyl (C=O) groups excluding carboxylic acids is 1. The molecule has 3 N–H and O–H groups in total. The predicted molar refractivity (Wildman–Crippen MR) is 56.0 cm³/mol. The van der Waals surface area contributed by atoms with Gasteiger partial charge in [0, 0.05) is 6.42 Å². The molecule has 78 valence electrons. The molecule has 4 heteroatoms. The van der Waals surface area contributed by atoms with E-state index in [0.717, 1.165) is 12.8 Å². The molecular formula is C10H17N3O. The third-order valence-corrected chi connectivity index (χ3v) is 2.60.